The zero-order valence-electron chi connectivity index (χ0n) is 12.6. The minimum atomic E-state index is -0.660. The van der Waals surface area contributed by atoms with Gasteiger partial charge in [0.1, 0.15) is 5.84 Å². The number of rotatable bonds is 0. The fraction of sp³-hybridized carbons (Fsp3) is 0.0588. The van der Waals surface area contributed by atoms with Gasteiger partial charge in [0.15, 0.2) is 0 Å². The third kappa shape index (κ3) is 4.04. The number of nitrogens with zero attached hydrogens (tertiary/aromatic N) is 1. The second-order valence-electron chi connectivity index (χ2n) is 5.07. The van der Waals surface area contributed by atoms with Crippen molar-refractivity contribution in [2.75, 3.05) is 0 Å². The van der Waals surface area contributed by atoms with E-state index in [-0.39, 0.29) is 0 Å². The largest absolute Gasteiger partial charge is 0.350 e. The Bertz CT molecular complexity index is 858. The summed E-state index contributed by atoms with van der Waals surface area (Å²) in [5.41, 5.74) is 11.9. The third-order valence-electron chi connectivity index (χ3n) is 3.36. The fourth-order valence-electron chi connectivity index (χ4n) is 2.27. The molecule has 7 heteroatoms. The van der Waals surface area contributed by atoms with E-state index in [0.717, 1.165) is 11.1 Å². The van der Waals surface area contributed by atoms with E-state index in [1.165, 1.54) is 9.40 Å². The summed E-state index contributed by atoms with van der Waals surface area (Å²) in [6.45, 7) is 0. The van der Waals surface area contributed by atoms with Crippen LogP contribution >= 0.6 is 22.9 Å². The fourth-order valence-corrected chi connectivity index (χ4v) is 3.35. The van der Waals surface area contributed by atoms with Crippen molar-refractivity contribution in [1.29, 1.82) is 0 Å². The molecule has 1 aromatic carbocycles. The van der Waals surface area contributed by atoms with Crippen LogP contribution in [0.2, 0.25) is 5.02 Å². The minimum Gasteiger partial charge on any atom is -0.350 e. The molecule has 1 aliphatic heterocycles. The van der Waals surface area contributed by atoms with Gasteiger partial charge in [-0.2, -0.15) is 0 Å². The van der Waals surface area contributed by atoms with E-state index >= 15 is 0 Å². The van der Waals surface area contributed by atoms with Gasteiger partial charge in [0, 0.05) is 27.0 Å². The average molecular weight is 359 g/mol. The molecule has 0 unspecified atom stereocenters. The van der Waals surface area contributed by atoms with Crippen LogP contribution in [0.5, 0.6) is 0 Å². The quantitative estimate of drug-likeness (QED) is 0.535. The molecule has 2 aromatic heterocycles. The number of aliphatic imine (C=N–C) groups is 1. The molecule has 2 bridgehead atoms. The van der Waals surface area contributed by atoms with Crippen LogP contribution in [0.1, 0.15) is 11.1 Å². The number of nitrogens with two attached hydrogens (primary N) is 1. The predicted molar refractivity (Wildman–Crippen MR) is 100 cm³/mol. The lowest BCUT2D eigenvalue weighted by Crippen LogP contribution is -2.45. The van der Waals surface area contributed by atoms with Gasteiger partial charge >= 0.3 is 6.03 Å². The molecule has 0 fully saturated rings. The number of carbonyl (C=O) groups excluding carboxylic acids is 1. The highest BCUT2D eigenvalue weighted by Gasteiger charge is 2.10. The number of halogens is 1. The molecule has 3 aromatic rings. The number of urea groups is 1. The van der Waals surface area contributed by atoms with Gasteiger partial charge in [-0.25, -0.2) is 9.79 Å². The first-order valence-corrected chi connectivity index (χ1v) is 8.41. The Morgan fingerprint density at radius 2 is 1.88 bits per heavy atom. The summed E-state index contributed by atoms with van der Waals surface area (Å²) in [4.78, 5) is 14.7. The summed E-state index contributed by atoms with van der Waals surface area (Å²) in [7, 11) is 0. The number of carbonyl (C=O) groups is 1. The van der Waals surface area contributed by atoms with Crippen molar-refractivity contribution in [3.8, 4) is 0 Å². The van der Waals surface area contributed by atoms with Crippen LogP contribution in [-0.4, -0.2) is 11.9 Å². The zero-order chi connectivity index (χ0) is 16.9. The smallest absolute Gasteiger partial charge is 0.330 e. The highest BCUT2D eigenvalue weighted by molar-refractivity contribution is 7.24. The van der Waals surface area contributed by atoms with Gasteiger partial charge in [-0.3, -0.25) is 10.9 Å². The van der Waals surface area contributed by atoms with Gasteiger partial charge in [-0.05, 0) is 47.5 Å². The molecular formula is C17H15ClN4OS. The van der Waals surface area contributed by atoms with E-state index in [9.17, 15) is 4.79 Å². The number of hydrogen-bond donors (Lipinski definition) is 3. The first-order chi connectivity index (χ1) is 11.6. The summed E-state index contributed by atoms with van der Waals surface area (Å²) in [5.74, 6) is 0.598. The molecule has 122 valence electrons. The maximum Gasteiger partial charge on any atom is 0.330 e. The number of thiophene rings is 2. The number of primary amides is 1. The monoisotopic (exact) mass is 358 g/mol. The Morgan fingerprint density at radius 3 is 2.46 bits per heavy atom. The number of nitrogens with one attached hydrogen (secondary N) is 2. The van der Waals surface area contributed by atoms with Gasteiger partial charge in [0.2, 0.25) is 0 Å². The molecule has 0 spiro atoms. The molecule has 0 atom stereocenters. The van der Waals surface area contributed by atoms with Crippen molar-refractivity contribution in [3.05, 3.63) is 64.8 Å². The maximum absolute atomic E-state index is 10.6. The molecule has 3 heterocycles. The van der Waals surface area contributed by atoms with Crippen molar-refractivity contribution >= 4 is 50.3 Å². The molecule has 24 heavy (non-hydrogen) atoms. The van der Waals surface area contributed by atoms with E-state index in [0.29, 0.717) is 17.3 Å². The van der Waals surface area contributed by atoms with Crippen LogP contribution in [-0.2, 0) is 6.42 Å². The van der Waals surface area contributed by atoms with Crippen molar-refractivity contribution in [2.24, 2.45) is 10.7 Å². The second-order valence-corrected chi connectivity index (χ2v) is 6.62. The third-order valence-corrected chi connectivity index (χ3v) is 4.71. The molecule has 4 N–H and O–H groups in total. The SMILES string of the molecule is NC(=O)NNC1=NC=Cc2c(Cl)cccc2C1.c1cc2ccc1s2. The maximum atomic E-state index is 10.6. The van der Waals surface area contributed by atoms with Crippen LogP contribution in [0.4, 0.5) is 4.79 Å². The van der Waals surface area contributed by atoms with Gasteiger partial charge in [-0.1, -0.05) is 23.7 Å². The molecular weight excluding hydrogens is 344 g/mol. The second kappa shape index (κ2) is 7.33. The number of amidine groups is 1. The lowest BCUT2D eigenvalue weighted by atomic mass is 10.0. The molecule has 0 saturated carbocycles. The normalized spacial score (nSPS) is 12.6. The topological polar surface area (TPSA) is 79.5 Å². The highest BCUT2D eigenvalue weighted by atomic mass is 35.5. The first-order valence-electron chi connectivity index (χ1n) is 7.22. The van der Waals surface area contributed by atoms with Gasteiger partial charge in [0.25, 0.3) is 0 Å². The first kappa shape index (κ1) is 16.3. The van der Waals surface area contributed by atoms with Gasteiger partial charge in [0.05, 0.1) is 0 Å². The average Bonchev–Trinajstić information content (AvgIpc) is 3.15. The van der Waals surface area contributed by atoms with Crippen LogP contribution in [0.3, 0.4) is 0 Å². The molecule has 1 aliphatic rings. The van der Waals surface area contributed by atoms with E-state index in [4.69, 9.17) is 17.3 Å². The Hall–Kier alpha value is -2.57. The predicted octanol–water partition coefficient (Wildman–Crippen LogP) is 3.78. The number of benzene rings is 2. The lowest BCUT2D eigenvalue weighted by molar-refractivity contribution is 0.247. The van der Waals surface area contributed by atoms with Crippen LogP contribution in [0, 0.1) is 0 Å². The van der Waals surface area contributed by atoms with E-state index in [1.807, 2.05) is 35.6 Å². The summed E-state index contributed by atoms with van der Waals surface area (Å²) in [5, 5.41) is 0.679. The van der Waals surface area contributed by atoms with Crippen molar-refractivity contribution < 1.29 is 4.79 Å². The van der Waals surface area contributed by atoms with Crippen LogP contribution in [0.15, 0.2) is 53.7 Å². The minimum absolute atomic E-state index is 0.545. The highest BCUT2D eigenvalue weighted by Crippen LogP contribution is 2.24. The van der Waals surface area contributed by atoms with Crippen molar-refractivity contribution in [1.82, 2.24) is 10.9 Å². The van der Waals surface area contributed by atoms with Crippen LogP contribution < -0.4 is 16.6 Å². The summed E-state index contributed by atoms with van der Waals surface area (Å²) in [6, 6.07) is 13.6. The number of hydrazine groups is 1. The standard InChI is InChI=1S/C11H11ClN4O.C6H4S/c12-9-3-1-2-7-6-10(15-16-11(13)17)14-5-4-8(7)9;1-2-6-4-3-5(1)7-6/h1-5H,6H2,(H,14,15)(H3,13,16,17);1-4H. The van der Waals surface area contributed by atoms with Crippen molar-refractivity contribution in [2.45, 2.75) is 6.42 Å². The Morgan fingerprint density at radius 1 is 1.17 bits per heavy atom. The molecule has 0 radical (unpaired) electrons. The Balaban J connectivity index is 0.000000198. The molecule has 5 nitrogen and oxygen atoms in total. The lowest BCUT2D eigenvalue weighted by Gasteiger charge is -2.09. The number of amides is 2. The van der Waals surface area contributed by atoms with Crippen LogP contribution in [0.25, 0.3) is 15.5 Å². The summed E-state index contributed by atoms with van der Waals surface area (Å²) < 4.78 is 2.77. The molecule has 0 aliphatic carbocycles. The van der Waals surface area contributed by atoms with E-state index < -0.39 is 6.03 Å². The molecule has 2 amide bonds. The van der Waals surface area contributed by atoms with E-state index in [1.54, 1.807) is 6.20 Å². The molecule has 0 saturated heterocycles. The Kier molecular flexibility index (Phi) is 4.98. The zero-order valence-corrected chi connectivity index (χ0v) is 14.2. The van der Waals surface area contributed by atoms with E-state index in [2.05, 4.69) is 40.1 Å². The Labute approximate surface area is 148 Å². The number of fused-ring (bicyclic) bond motifs is 3. The summed E-state index contributed by atoms with van der Waals surface area (Å²) >= 11 is 7.92. The summed E-state index contributed by atoms with van der Waals surface area (Å²) in [6.07, 6.45) is 4.00. The molecule has 4 rings (SSSR count). The van der Waals surface area contributed by atoms with Gasteiger partial charge < -0.3 is 5.73 Å². The van der Waals surface area contributed by atoms with Gasteiger partial charge in [-0.15, -0.1) is 11.3 Å². The van der Waals surface area contributed by atoms with Crippen molar-refractivity contribution in [3.63, 3.8) is 0 Å². The number of hydrogen-bond acceptors (Lipinski definition) is 4.